The van der Waals surface area contributed by atoms with Crippen molar-refractivity contribution in [1.29, 1.82) is 0 Å². The van der Waals surface area contributed by atoms with E-state index in [1.807, 2.05) is 0 Å². The van der Waals surface area contributed by atoms with Crippen LogP contribution in [0.5, 0.6) is 0 Å². The number of hydrazine groups is 1. The molecular formula is C7H15N7. The average molecular weight is 197 g/mol. The fraction of sp³-hybridized carbons (Fsp3) is 0.714. The second-order valence-electron chi connectivity index (χ2n) is 3.45. The number of rotatable bonds is 2. The number of hydrogen-bond donors (Lipinski definition) is 3. The Morgan fingerprint density at radius 3 is 2.64 bits per heavy atom. The number of H-pyrrole nitrogens is 1. The highest BCUT2D eigenvalue weighted by atomic mass is 15.6. The van der Waals surface area contributed by atoms with Crippen LogP contribution in [0, 0.1) is 0 Å². The Kier molecular flexibility index (Phi) is 2.51. The predicted octanol–water partition coefficient (Wildman–Crippen LogP) is -1.04. The molecule has 4 N–H and O–H groups in total. The van der Waals surface area contributed by atoms with Gasteiger partial charge in [-0.2, -0.15) is 4.98 Å². The average Bonchev–Trinajstić information content (AvgIpc) is 2.56. The van der Waals surface area contributed by atoms with E-state index >= 15 is 0 Å². The predicted molar refractivity (Wildman–Crippen MR) is 53.5 cm³/mol. The minimum Gasteiger partial charge on any atom is -0.368 e. The van der Waals surface area contributed by atoms with Crippen LogP contribution in [0.3, 0.4) is 0 Å². The minimum atomic E-state index is 0.335. The molecule has 7 heteroatoms. The van der Waals surface area contributed by atoms with E-state index in [4.69, 9.17) is 5.73 Å². The molecule has 1 aromatic rings. The van der Waals surface area contributed by atoms with E-state index in [9.17, 15) is 0 Å². The fourth-order valence-electron chi connectivity index (χ4n) is 1.38. The maximum atomic E-state index is 5.41. The maximum absolute atomic E-state index is 5.41. The highest BCUT2D eigenvalue weighted by Crippen LogP contribution is 2.03. The second kappa shape index (κ2) is 3.81. The normalized spacial score (nSPS) is 19.8. The van der Waals surface area contributed by atoms with Crippen molar-refractivity contribution in [2.75, 3.05) is 44.4 Å². The number of piperazine rings is 1. The maximum Gasteiger partial charge on any atom is 0.258 e. The third-order valence-corrected chi connectivity index (χ3v) is 2.26. The Balaban J connectivity index is 1.86. The van der Waals surface area contributed by atoms with Crippen molar-refractivity contribution < 1.29 is 0 Å². The molecule has 7 nitrogen and oxygen atoms in total. The van der Waals surface area contributed by atoms with Gasteiger partial charge in [-0.1, -0.05) is 0 Å². The Bertz CT molecular complexity index is 288. The molecule has 1 aromatic heterocycles. The van der Waals surface area contributed by atoms with Gasteiger partial charge in [0, 0.05) is 26.2 Å². The molecule has 78 valence electrons. The number of anilines is 2. The smallest absolute Gasteiger partial charge is 0.258 e. The summed E-state index contributed by atoms with van der Waals surface area (Å²) in [4.78, 5) is 6.25. The highest BCUT2D eigenvalue weighted by molar-refractivity contribution is 5.28. The van der Waals surface area contributed by atoms with Gasteiger partial charge in [0.25, 0.3) is 5.95 Å². The quantitative estimate of drug-likeness (QED) is 0.561. The van der Waals surface area contributed by atoms with E-state index in [0.29, 0.717) is 11.9 Å². The van der Waals surface area contributed by atoms with E-state index < -0.39 is 0 Å². The number of likely N-dealkylation sites (N-methyl/N-ethyl adjacent to an activating group) is 1. The summed E-state index contributed by atoms with van der Waals surface area (Å²) in [5.74, 6) is 0.869. The van der Waals surface area contributed by atoms with E-state index in [2.05, 4.69) is 37.6 Å². The molecule has 2 rings (SSSR count). The van der Waals surface area contributed by atoms with Crippen LogP contribution in [0.4, 0.5) is 11.9 Å². The summed E-state index contributed by atoms with van der Waals surface area (Å²) in [6.45, 7) is 4.02. The summed E-state index contributed by atoms with van der Waals surface area (Å²) in [5.41, 5.74) is 8.51. The number of hydrogen-bond acceptors (Lipinski definition) is 6. The molecule has 0 radical (unpaired) electrons. The van der Waals surface area contributed by atoms with Gasteiger partial charge < -0.3 is 10.6 Å². The lowest BCUT2D eigenvalue weighted by Gasteiger charge is -2.31. The number of aromatic amines is 1. The van der Waals surface area contributed by atoms with E-state index in [1.165, 1.54) is 0 Å². The molecule has 0 saturated carbocycles. The first-order valence-electron chi connectivity index (χ1n) is 4.62. The summed E-state index contributed by atoms with van der Waals surface area (Å²) in [7, 11) is 2.11. The Morgan fingerprint density at radius 1 is 1.36 bits per heavy atom. The second-order valence-corrected chi connectivity index (χ2v) is 3.45. The largest absolute Gasteiger partial charge is 0.368 e. The summed E-state index contributed by atoms with van der Waals surface area (Å²) < 4.78 is 0. The van der Waals surface area contributed by atoms with Crippen molar-refractivity contribution in [3.8, 4) is 0 Å². The first-order chi connectivity index (χ1) is 6.74. The Labute approximate surface area is 82.2 Å². The van der Waals surface area contributed by atoms with E-state index in [0.717, 1.165) is 26.2 Å². The summed E-state index contributed by atoms with van der Waals surface area (Å²) in [6, 6.07) is 0. The van der Waals surface area contributed by atoms with Crippen molar-refractivity contribution in [3.05, 3.63) is 0 Å². The third kappa shape index (κ3) is 2.12. The Morgan fingerprint density at radius 2 is 2.07 bits per heavy atom. The molecule has 0 atom stereocenters. The van der Waals surface area contributed by atoms with Crippen molar-refractivity contribution in [1.82, 2.24) is 25.1 Å². The minimum absolute atomic E-state index is 0.335. The lowest BCUT2D eigenvalue weighted by molar-refractivity contribution is 0.178. The van der Waals surface area contributed by atoms with Crippen molar-refractivity contribution in [2.24, 2.45) is 0 Å². The number of aromatic nitrogens is 3. The number of nitrogen functional groups attached to an aromatic ring is 1. The molecule has 0 bridgehead atoms. The van der Waals surface area contributed by atoms with Crippen molar-refractivity contribution in [3.63, 3.8) is 0 Å². The summed E-state index contributed by atoms with van der Waals surface area (Å²) >= 11 is 0. The first-order valence-corrected chi connectivity index (χ1v) is 4.62. The standard InChI is InChI=1S/C7H15N7/c1-13-2-4-14(5-3-13)12-7-9-6(8)10-11-7/h2-5H2,1H3,(H4,8,9,10,11,12). The van der Waals surface area contributed by atoms with Crippen LogP contribution in [0.1, 0.15) is 0 Å². The molecule has 2 heterocycles. The zero-order chi connectivity index (χ0) is 9.97. The Hall–Kier alpha value is -1.34. The molecule has 0 spiro atoms. The molecule has 1 aliphatic rings. The molecule has 1 aliphatic heterocycles. The fourth-order valence-corrected chi connectivity index (χ4v) is 1.38. The van der Waals surface area contributed by atoms with Gasteiger partial charge in [0.2, 0.25) is 5.95 Å². The lowest BCUT2D eigenvalue weighted by atomic mass is 10.4. The van der Waals surface area contributed by atoms with Gasteiger partial charge in [-0.25, -0.2) is 10.1 Å². The molecule has 0 unspecified atom stereocenters. The SMILES string of the molecule is CN1CCN(Nc2n[nH]c(N)n2)CC1. The first kappa shape index (κ1) is 9.22. The number of nitrogens with zero attached hydrogens (tertiary/aromatic N) is 4. The topological polar surface area (TPSA) is 86.1 Å². The van der Waals surface area contributed by atoms with Crippen LogP contribution in [0.2, 0.25) is 0 Å². The van der Waals surface area contributed by atoms with Crippen molar-refractivity contribution in [2.45, 2.75) is 0 Å². The molecule has 0 aliphatic carbocycles. The van der Waals surface area contributed by atoms with Crippen molar-refractivity contribution >= 4 is 11.9 Å². The zero-order valence-electron chi connectivity index (χ0n) is 8.19. The number of nitrogens with two attached hydrogens (primary N) is 1. The summed E-state index contributed by atoms with van der Waals surface area (Å²) in [6.07, 6.45) is 0. The van der Waals surface area contributed by atoms with Crippen LogP contribution in [-0.2, 0) is 0 Å². The van der Waals surface area contributed by atoms with Crippen LogP contribution in [0.25, 0.3) is 0 Å². The van der Waals surface area contributed by atoms with E-state index in [-0.39, 0.29) is 0 Å². The van der Waals surface area contributed by atoms with Crippen LogP contribution >= 0.6 is 0 Å². The van der Waals surface area contributed by atoms with Gasteiger partial charge in [0.15, 0.2) is 0 Å². The van der Waals surface area contributed by atoms with Gasteiger partial charge in [-0.15, -0.1) is 5.10 Å². The van der Waals surface area contributed by atoms with Crippen LogP contribution in [0.15, 0.2) is 0 Å². The van der Waals surface area contributed by atoms with Gasteiger partial charge in [-0.05, 0) is 7.05 Å². The number of nitrogens with one attached hydrogen (secondary N) is 2. The zero-order valence-corrected chi connectivity index (χ0v) is 8.19. The molecular weight excluding hydrogens is 182 g/mol. The van der Waals surface area contributed by atoms with Crippen LogP contribution in [-0.4, -0.2) is 58.3 Å². The molecule has 0 amide bonds. The van der Waals surface area contributed by atoms with Crippen LogP contribution < -0.4 is 11.2 Å². The van der Waals surface area contributed by atoms with Gasteiger partial charge in [0.05, 0.1) is 0 Å². The summed E-state index contributed by atoms with van der Waals surface area (Å²) in [5, 5.41) is 8.57. The van der Waals surface area contributed by atoms with Gasteiger partial charge in [0.1, 0.15) is 0 Å². The molecule has 1 saturated heterocycles. The molecule has 0 aromatic carbocycles. The van der Waals surface area contributed by atoms with Gasteiger partial charge >= 0.3 is 0 Å². The highest BCUT2D eigenvalue weighted by Gasteiger charge is 2.14. The monoisotopic (exact) mass is 197 g/mol. The van der Waals surface area contributed by atoms with Gasteiger partial charge in [-0.3, -0.25) is 5.43 Å². The lowest BCUT2D eigenvalue weighted by Crippen LogP contribution is -2.47. The molecule has 1 fully saturated rings. The van der Waals surface area contributed by atoms with E-state index in [1.54, 1.807) is 0 Å². The molecule has 14 heavy (non-hydrogen) atoms. The third-order valence-electron chi connectivity index (χ3n) is 2.26.